The fourth-order valence-corrected chi connectivity index (χ4v) is 4.30. The number of nitrogens with one attached hydrogen (secondary N) is 2. The second-order valence-electron chi connectivity index (χ2n) is 8.82. The summed E-state index contributed by atoms with van der Waals surface area (Å²) in [7, 11) is 0. The van der Waals surface area contributed by atoms with E-state index in [0.29, 0.717) is 35.2 Å². The lowest BCUT2D eigenvalue weighted by Crippen LogP contribution is -2.45. The van der Waals surface area contributed by atoms with Gasteiger partial charge in [-0.2, -0.15) is 0 Å². The van der Waals surface area contributed by atoms with Crippen LogP contribution in [0.1, 0.15) is 6.42 Å². The molecule has 0 saturated carbocycles. The highest BCUT2D eigenvalue weighted by Crippen LogP contribution is 2.25. The van der Waals surface area contributed by atoms with Crippen molar-refractivity contribution >= 4 is 46.5 Å². The summed E-state index contributed by atoms with van der Waals surface area (Å²) in [5.74, 6) is -0.506. The number of benzene rings is 2. The molecule has 2 aliphatic heterocycles. The molecule has 2 fully saturated rings. The second-order valence-corrected chi connectivity index (χ2v) is 9.26. The maximum absolute atomic E-state index is 13.2. The maximum atomic E-state index is 13.2. The van der Waals surface area contributed by atoms with Crippen molar-refractivity contribution in [3.63, 3.8) is 0 Å². The number of carbonyl (C=O) groups excluding carboxylic acids is 3. The van der Waals surface area contributed by atoms with Gasteiger partial charge >= 0.3 is 6.03 Å². The number of aliphatic hydroxyl groups is 1. The Morgan fingerprint density at radius 3 is 2.49 bits per heavy atom. The maximum Gasteiger partial charge on any atom is 0.322 e. The number of morpholine rings is 1. The third-order valence-electron chi connectivity index (χ3n) is 6.15. The van der Waals surface area contributed by atoms with Gasteiger partial charge in [0.1, 0.15) is 12.6 Å². The van der Waals surface area contributed by atoms with Crippen LogP contribution in [0.2, 0.25) is 5.02 Å². The van der Waals surface area contributed by atoms with Crippen LogP contribution < -0.4 is 21.3 Å². The van der Waals surface area contributed by atoms with Crippen LogP contribution in [0.3, 0.4) is 0 Å². The Hall–Kier alpha value is -3.22. The molecular formula is C25H30ClN5O6. The minimum Gasteiger partial charge on any atom is -0.389 e. The molecular weight excluding hydrogens is 502 g/mol. The van der Waals surface area contributed by atoms with E-state index >= 15 is 0 Å². The highest BCUT2D eigenvalue weighted by molar-refractivity contribution is 6.30. The molecule has 2 aromatic rings. The molecule has 4 amide bonds. The van der Waals surface area contributed by atoms with Crippen LogP contribution in [0.25, 0.3) is 0 Å². The Morgan fingerprint density at radius 2 is 1.81 bits per heavy atom. The average molecular weight is 532 g/mol. The number of halogens is 1. The van der Waals surface area contributed by atoms with Gasteiger partial charge in [-0.05, 0) is 48.5 Å². The van der Waals surface area contributed by atoms with Crippen molar-refractivity contribution < 1.29 is 29.0 Å². The van der Waals surface area contributed by atoms with Crippen molar-refractivity contribution in [1.29, 1.82) is 0 Å². The minimum absolute atomic E-state index is 0.00384. The number of nitrogens with two attached hydrogens (primary N) is 1. The lowest BCUT2D eigenvalue weighted by atomic mass is 10.1. The van der Waals surface area contributed by atoms with Crippen molar-refractivity contribution in [1.82, 2.24) is 4.90 Å². The zero-order chi connectivity index (χ0) is 26.4. The van der Waals surface area contributed by atoms with E-state index in [0.717, 1.165) is 0 Å². The lowest BCUT2D eigenvalue weighted by Gasteiger charge is -2.27. The summed E-state index contributed by atoms with van der Waals surface area (Å²) >= 11 is 5.92. The van der Waals surface area contributed by atoms with Gasteiger partial charge in [-0.15, -0.1) is 0 Å². The fraction of sp³-hybridized carbons (Fsp3) is 0.400. The summed E-state index contributed by atoms with van der Waals surface area (Å²) in [6, 6.07) is 12.3. The van der Waals surface area contributed by atoms with Crippen LogP contribution in [0.4, 0.5) is 21.9 Å². The Morgan fingerprint density at radius 1 is 1.14 bits per heavy atom. The van der Waals surface area contributed by atoms with Gasteiger partial charge in [-0.3, -0.25) is 9.59 Å². The Bertz CT molecular complexity index is 1100. The van der Waals surface area contributed by atoms with Gasteiger partial charge in [0.25, 0.3) is 5.91 Å². The van der Waals surface area contributed by atoms with E-state index in [9.17, 15) is 19.5 Å². The lowest BCUT2D eigenvalue weighted by molar-refractivity contribution is -0.125. The number of carbonyl (C=O) groups is 3. The number of ether oxygens (including phenoxy) is 2. The van der Waals surface area contributed by atoms with E-state index < -0.39 is 24.3 Å². The molecule has 0 aliphatic carbocycles. The summed E-state index contributed by atoms with van der Waals surface area (Å²) in [6.45, 7) is 1.18. The zero-order valence-electron chi connectivity index (χ0n) is 20.1. The summed E-state index contributed by atoms with van der Waals surface area (Å²) < 4.78 is 10.9. The first-order chi connectivity index (χ1) is 17.8. The van der Waals surface area contributed by atoms with Crippen LogP contribution in [0.5, 0.6) is 0 Å². The molecule has 0 spiro atoms. The van der Waals surface area contributed by atoms with Crippen LogP contribution in [0.15, 0.2) is 48.5 Å². The number of aliphatic hydroxyl groups excluding tert-OH is 1. The zero-order valence-corrected chi connectivity index (χ0v) is 20.9. The summed E-state index contributed by atoms with van der Waals surface area (Å²) in [5.41, 5.74) is 7.22. The number of anilines is 3. The smallest absolute Gasteiger partial charge is 0.322 e. The summed E-state index contributed by atoms with van der Waals surface area (Å²) in [4.78, 5) is 41.4. The average Bonchev–Trinajstić information content (AvgIpc) is 3.34. The Balaban J connectivity index is 1.44. The predicted molar refractivity (Wildman–Crippen MR) is 139 cm³/mol. The highest BCUT2D eigenvalue weighted by atomic mass is 35.5. The van der Waals surface area contributed by atoms with Gasteiger partial charge in [0.15, 0.2) is 0 Å². The summed E-state index contributed by atoms with van der Waals surface area (Å²) in [6.07, 6.45) is -1.04. The van der Waals surface area contributed by atoms with Gasteiger partial charge in [-0.25, -0.2) is 4.79 Å². The van der Waals surface area contributed by atoms with Crippen LogP contribution in [-0.2, 0) is 19.1 Å². The Kier molecular flexibility index (Phi) is 8.95. The monoisotopic (exact) mass is 531 g/mol. The third-order valence-corrected chi connectivity index (χ3v) is 6.40. The normalized spacial score (nSPS) is 20.6. The quantitative estimate of drug-likeness (QED) is 0.405. The van der Waals surface area contributed by atoms with Gasteiger partial charge in [0.05, 0.1) is 25.4 Å². The molecule has 5 N–H and O–H groups in total. The van der Waals surface area contributed by atoms with E-state index in [4.69, 9.17) is 26.8 Å². The first-order valence-electron chi connectivity index (χ1n) is 12.0. The van der Waals surface area contributed by atoms with E-state index in [2.05, 4.69) is 10.6 Å². The standard InChI is InChI=1S/C25H30ClN5O6/c26-16-1-3-18(4-2-16)29-25(35)31-13-21(37-14-20(32)12-27)11-22(31)24(34)28-17-5-7-19(8-6-17)30-9-10-36-15-23(30)33/h1-8,20-22,32H,9-15,27H2,(H,28,34)(H,29,35). The fourth-order valence-electron chi connectivity index (χ4n) is 4.18. The molecule has 11 nitrogen and oxygen atoms in total. The largest absolute Gasteiger partial charge is 0.389 e. The number of nitrogens with zero attached hydrogens (tertiary/aromatic N) is 2. The number of rotatable bonds is 8. The molecule has 3 unspecified atom stereocenters. The SMILES string of the molecule is NCC(O)COC1CC(C(=O)Nc2ccc(N3CCOCC3=O)cc2)N(C(=O)Nc2ccc(Cl)cc2)C1. The first kappa shape index (κ1) is 26.8. The van der Waals surface area contributed by atoms with Gasteiger partial charge in [0, 0.05) is 48.1 Å². The molecule has 0 radical (unpaired) electrons. The molecule has 2 saturated heterocycles. The molecule has 12 heteroatoms. The van der Waals surface area contributed by atoms with E-state index in [-0.39, 0.29) is 44.5 Å². The van der Waals surface area contributed by atoms with E-state index in [1.807, 2.05) is 0 Å². The van der Waals surface area contributed by atoms with Crippen molar-refractivity contribution in [2.75, 3.05) is 55.0 Å². The molecule has 2 heterocycles. The highest BCUT2D eigenvalue weighted by Gasteiger charge is 2.40. The van der Waals surface area contributed by atoms with Crippen molar-refractivity contribution in [2.45, 2.75) is 24.7 Å². The topological polar surface area (TPSA) is 146 Å². The summed E-state index contributed by atoms with van der Waals surface area (Å²) in [5, 5.41) is 15.9. The van der Waals surface area contributed by atoms with Gasteiger partial charge in [-0.1, -0.05) is 11.6 Å². The molecule has 2 aliphatic rings. The number of hydrogen-bond donors (Lipinski definition) is 4. The number of urea groups is 1. The van der Waals surface area contributed by atoms with Crippen LogP contribution in [-0.4, -0.2) is 85.6 Å². The van der Waals surface area contributed by atoms with Crippen molar-refractivity contribution in [2.24, 2.45) is 5.73 Å². The van der Waals surface area contributed by atoms with Crippen LogP contribution >= 0.6 is 11.6 Å². The molecule has 37 heavy (non-hydrogen) atoms. The predicted octanol–water partition coefficient (Wildman–Crippen LogP) is 1.65. The number of likely N-dealkylation sites (tertiary alicyclic amines) is 1. The molecule has 198 valence electrons. The molecule has 0 aromatic heterocycles. The Labute approximate surface area is 219 Å². The number of hydrogen-bond acceptors (Lipinski definition) is 7. The van der Waals surface area contributed by atoms with E-state index in [1.54, 1.807) is 53.4 Å². The second kappa shape index (κ2) is 12.3. The molecule has 4 rings (SSSR count). The number of amides is 4. The van der Waals surface area contributed by atoms with Gasteiger partial charge < -0.3 is 40.7 Å². The molecule has 2 aromatic carbocycles. The van der Waals surface area contributed by atoms with Crippen LogP contribution in [0, 0.1) is 0 Å². The minimum atomic E-state index is -0.832. The first-order valence-corrected chi connectivity index (χ1v) is 12.3. The van der Waals surface area contributed by atoms with Gasteiger partial charge in [0.2, 0.25) is 5.91 Å². The molecule has 0 bridgehead atoms. The third kappa shape index (κ3) is 6.96. The van der Waals surface area contributed by atoms with Crippen molar-refractivity contribution in [3.05, 3.63) is 53.6 Å². The van der Waals surface area contributed by atoms with Crippen molar-refractivity contribution in [3.8, 4) is 0 Å². The molecule has 3 atom stereocenters. The van der Waals surface area contributed by atoms with E-state index in [1.165, 1.54) is 4.90 Å².